The van der Waals surface area contributed by atoms with Crippen LogP contribution in [0.5, 0.6) is 5.75 Å². The van der Waals surface area contributed by atoms with E-state index in [2.05, 4.69) is 0 Å². The Morgan fingerprint density at radius 2 is 1.72 bits per heavy atom. The summed E-state index contributed by atoms with van der Waals surface area (Å²) in [5.74, 6) is 0.791. The molecule has 92 valence electrons. The van der Waals surface area contributed by atoms with Gasteiger partial charge in [-0.2, -0.15) is 0 Å². The number of hydrogen-bond acceptors (Lipinski definition) is 3. The molecule has 0 saturated heterocycles. The first kappa shape index (κ1) is 12.7. The SMILES string of the molecule is CCOc1ccc(C(=O)Sc2ccccc2)cc1. The van der Waals surface area contributed by atoms with Crippen LogP contribution in [0.2, 0.25) is 0 Å². The highest BCUT2D eigenvalue weighted by atomic mass is 32.2. The largest absolute Gasteiger partial charge is 0.494 e. The molecule has 0 atom stereocenters. The van der Waals surface area contributed by atoms with E-state index < -0.39 is 0 Å². The molecule has 0 aliphatic rings. The van der Waals surface area contributed by atoms with Crippen molar-refractivity contribution in [2.45, 2.75) is 11.8 Å². The average molecular weight is 258 g/mol. The summed E-state index contributed by atoms with van der Waals surface area (Å²) >= 11 is 1.24. The molecule has 0 spiro atoms. The number of carbonyl (C=O) groups excluding carboxylic acids is 1. The van der Waals surface area contributed by atoms with E-state index in [0.717, 1.165) is 10.6 Å². The van der Waals surface area contributed by atoms with Gasteiger partial charge in [-0.15, -0.1) is 0 Å². The van der Waals surface area contributed by atoms with Gasteiger partial charge in [0.25, 0.3) is 0 Å². The molecule has 2 aromatic carbocycles. The molecule has 0 bridgehead atoms. The summed E-state index contributed by atoms with van der Waals surface area (Å²) in [6.45, 7) is 2.57. The van der Waals surface area contributed by atoms with Gasteiger partial charge in [0.1, 0.15) is 5.75 Å². The Labute approximate surface area is 111 Å². The van der Waals surface area contributed by atoms with Crippen LogP contribution in [0.25, 0.3) is 0 Å². The normalized spacial score (nSPS) is 10.1. The topological polar surface area (TPSA) is 26.3 Å². The molecule has 0 aromatic heterocycles. The number of rotatable bonds is 4. The minimum Gasteiger partial charge on any atom is -0.494 e. The summed E-state index contributed by atoms with van der Waals surface area (Å²) in [6, 6.07) is 16.9. The van der Waals surface area contributed by atoms with Gasteiger partial charge in [0.05, 0.1) is 6.61 Å². The standard InChI is InChI=1S/C15H14O2S/c1-2-17-13-10-8-12(9-11-13)15(16)18-14-6-4-3-5-7-14/h3-11H,2H2,1H3. The molecule has 2 aromatic rings. The smallest absolute Gasteiger partial charge is 0.224 e. The minimum atomic E-state index is 0.0456. The zero-order valence-electron chi connectivity index (χ0n) is 10.1. The van der Waals surface area contributed by atoms with Gasteiger partial charge in [0, 0.05) is 10.5 Å². The first-order chi connectivity index (χ1) is 8.79. The Morgan fingerprint density at radius 1 is 1.06 bits per heavy atom. The molecule has 3 heteroatoms. The Bertz CT molecular complexity index is 506. The van der Waals surface area contributed by atoms with Gasteiger partial charge >= 0.3 is 0 Å². The molecule has 0 N–H and O–H groups in total. The fourth-order valence-electron chi connectivity index (χ4n) is 1.51. The quantitative estimate of drug-likeness (QED) is 0.775. The van der Waals surface area contributed by atoms with Crippen molar-refractivity contribution < 1.29 is 9.53 Å². The van der Waals surface area contributed by atoms with Gasteiger partial charge in [0.15, 0.2) is 0 Å². The summed E-state index contributed by atoms with van der Waals surface area (Å²) in [5, 5.41) is 0.0456. The van der Waals surface area contributed by atoms with Crippen molar-refractivity contribution in [1.29, 1.82) is 0 Å². The fraction of sp³-hybridized carbons (Fsp3) is 0.133. The summed E-state index contributed by atoms with van der Waals surface area (Å²) < 4.78 is 5.34. The molecular formula is C15H14O2S. The molecule has 0 aliphatic carbocycles. The molecule has 0 heterocycles. The van der Waals surface area contributed by atoms with Crippen molar-refractivity contribution >= 4 is 16.9 Å². The maximum atomic E-state index is 12.0. The van der Waals surface area contributed by atoms with Crippen LogP contribution in [0.4, 0.5) is 0 Å². The van der Waals surface area contributed by atoms with Crippen LogP contribution in [0.1, 0.15) is 17.3 Å². The van der Waals surface area contributed by atoms with Crippen LogP contribution in [-0.2, 0) is 0 Å². The van der Waals surface area contributed by atoms with Gasteiger partial charge in [-0.1, -0.05) is 18.2 Å². The number of ether oxygens (including phenoxy) is 1. The molecule has 0 aliphatic heterocycles. The van der Waals surface area contributed by atoms with Gasteiger partial charge in [-0.05, 0) is 55.1 Å². The zero-order chi connectivity index (χ0) is 12.8. The highest BCUT2D eigenvalue weighted by molar-refractivity contribution is 8.14. The first-order valence-corrected chi connectivity index (χ1v) is 6.61. The van der Waals surface area contributed by atoms with Gasteiger partial charge in [-0.3, -0.25) is 4.79 Å². The number of carbonyl (C=O) groups is 1. The number of thioether (sulfide) groups is 1. The molecule has 0 saturated carbocycles. The van der Waals surface area contributed by atoms with Crippen LogP contribution in [0.15, 0.2) is 59.5 Å². The van der Waals surface area contributed by atoms with Gasteiger partial charge < -0.3 is 4.74 Å². The highest BCUT2D eigenvalue weighted by Gasteiger charge is 2.07. The van der Waals surface area contributed by atoms with Crippen LogP contribution < -0.4 is 4.74 Å². The second-order valence-electron chi connectivity index (χ2n) is 3.66. The Morgan fingerprint density at radius 3 is 2.33 bits per heavy atom. The number of hydrogen-bond donors (Lipinski definition) is 0. The average Bonchev–Trinajstić information content (AvgIpc) is 2.41. The Hall–Kier alpha value is -1.74. The van der Waals surface area contributed by atoms with E-state index in [4.69, 9.17) is 4.74 Å². The van der Waals surface area contributed by atoms with Crippen LogP contribution in [0.3, 0.4) is 0 Å². The van der Waals surface area contributed by atoms with Gasteiger partial charge in [-0.25, -0.2) is 0 Å². The van der Waals surface area contributed by atoms with Crippen molar-refractivity contribution in [2.24, 2.45) is 0 Å². The lowest BCUT2D eigenvalue weighted by molar-refractivity contribution is 0.108. The summed E-state index contributed by atoms with van der Waals surface area (Å²) in [7, 11) is 0. The summed E-state index contributed by atoms with van der Waals surface area (Å²) in [6.07, 6.45) is 0. The molecule has 18 heavy (non-hydrogen) atoms. The Balaban J connectivity index is 2.05. The van der Waals surface area contributed by atoms with E-state index in [1.807, 2.05) is 49.4 Å². The van der Waals surface area contributed by atoms with E-state index in [0.29, 0.717) is 12.2 Å². The van der Waals surface area contributed by atoms with Crippen molar-refractivity contribution in [2.75, 3.05) is 6.61 Å². The molecule has 2 rings (SSSR count). The third-order valence-corrected chi connectivity index (χ3v) is 3.28. The zero-order valence-corrected chi connectivity index (χ0v) is 10.9. The fourth-order valence-corrected chi connectivity index (χ4v) is 2.27. The molecule has 0 amide bonds. The predicted molar refractivity (Wildman–Crippen MR) is 74.2 cm³/mol. The van der Waals surface area contributed by atoms with Gasteiger partial charge in [0.2, 0.25) is 5.12 Å². The third-order valence-electron chi connectivity index (χ3n) is 2.35. The van der Waals surface area contributed by atoms with E-state index >= 15 is 0 Å². The van der Waals surface area contributed by atoms with Crippen molar-refractivity contribution in [3.05, 3.63) is 60.2 Å². The van der Waals surface area contributed by atoms with Crippen molar-refractivity contribution in [3.63, 3.8) is 0 Å². The van der Waals surface area contributed by atoms with Crippen LogP contribution >= 0.6 is 11.8 Å². The van der Waals surface area contributed by atoms with Crippen LogP contribution in [-0.4, -0.2) is 11.7 Å². The van der Waals surface area contributed by atoms with E-state index in [1.54, 1.807) is 12.1 Å². The van der Waals surface area contributed by atoms with E-state index in [-0.39, 0.29) is 5.12 Å². The van der Waals surface area contributed by atoms with E-state index in [9.17, 15) is 4.79 Å². The molecule has 0 radical (unpaired) electrons. The monoisotopic (exact) mass is 258 g/mol. The summed E-state index contributed by atoms with van der Waals surface area (Å²) in [5.41, 5.74) is 0.687. The lowest BCUT2D eigenvalue weighted by Crippen LogP contribution is -1.95. The maximum absolute atomic E-state index is 12.0. The van der Waals surface area contributed by atoms with Crippen LogP contribution in [0, 0.1) is 0 Å². The first-order valence-electron chi connectivity index (χ1n) is 5.79. The molecule has 0 fully saturated rings. The second kappa shape index (κ2) is 6.26. The lowest BCUT2D eigenvalue weighted by atomic mass is 10.2. The lowest BCUT2D eigenvalue weighted by Gasteiger charge is -2.04. The van der Waals surface area contributed by atoms with Crippen molar-refractivity contribution in [1.82, 2.24) is 0 Å². The number of benzene rings is 2. The predicted octanol–water partition coefficient (Wildman–Crippen LogP) is 4.02. The molecule has 0 unspecified atom stereocenters. The third kappa shape index (κ3) is 3.37. The molecular weight excluding hydrogens is 244 g/mol. The summed E-state index contributed by atoms with van der Waals surface area (Å²) in [4.78, 5) is 13.0. The minimum absolute atomic E-state index is 0.0456. The highest BCUT2D eigenvalue weighted by Crippen LogP contribution is 2.23. The maximum Gasteiger partial charge on any atom is 0.224 e. The second-order valence-corrected chi connectivity index (χ2v) is 4.71. The Kier molecular flexibility index (Phi) is 4.42. The van der Waals surface area contributed by atoms with E-state index in [1.165, 1.54) is 11.8 Å². The van der Waals surface area contributed by atoms with Crippen molar-refractivity contribution in [3.8, 4) is 5.75 Å². The molecule has 2 nitrogen and oxygen atoms in total.